The van der Waals surface area contributed by atoms with Gasteiger partial charge in [-0.1, -0.05) is 59.3 Å². The van der Waals surface area contributed by atoms with Crippen molar-refractivity contribution in [3.8, 4) is 11.3 Å². The average molecular weight is 380 g/mol. The molecule has 0 aliphatic heterocycles. The van der Waals surface area contributed by atoms with Gasteiger partial charge in [0.15, 0.2) is 0 Å². The van der Waals surface area contributed by atoms with Crippen LogP contribution in [0, 0.1) is 13.8 Å². The summed E-state index contributed by atoms with van der Waals surface area (Å²) in [4.78, 5) is 4.57. The second-order valence-corrected chi connectivity index (χ2v) is 7.72. The quantitative estimate of drug-likeness (QED) is 0.410. The van der Waals surface area contributed by atoms with Crippen molar-refractivity contribution in [3.63, 3.8) is 0 Å². The molecule has 0 saturated heterocycles. The van der Waals surface area contributed by atoms with Gasteiger partial charge in [-0.25, -0.2) is 9.50 Å². The van der Waals surface area contributed by atoms with Gasteiger partial charge in [0.05, 0.1) is 11.2 Å². The number of fused-ring (bicyclic) bond motifs is 1. The minimum absolute atomic E-state index is 0.710. The largest absolute Gasteiger partial charge is 0.246 e. The van der Waals surface area contributed by atoms with Crippen molar-refractivity contribution in [1.29, 1.82) is 0 Å². The van der Waals surface area contributed by atoms with Crippen molar-refractivity contribution < 1.29 is 0 Å². The predicted octanol–water partition coefficient (Wildman–Crippen LogP) is 5.96. The highest BCUT2D eigenvalue weighted by Crippen LogP contribution is 2.29. The molecule has 3 nitrogen and oxygen atoms in total. The Balaban J connectivity index is 1.66. The van der Waals surface area contributed by atoms with Crippen molar-refractivity contribution in [3.05, 3.63) is 82.6 Å². The Labute approximate surface area is 162 Å². The van der Waals surface area contributed by atoms with Crippen LogP contribution in [0.4, 0.5) is 0 Å². The van der Waals surface area contributed by atoms with Crippen molar-refractivity contribution in [2.45, 2.75) is 24.6 Å². The third-order valence-electron chi connectivity index (χ3n) is 4.34. The second-order valence-electron chi connectivity index (χ2n) is 6.32. The van der Waals surface area contributed by atoms with Crippen LogP contribution in [0.3, 0.4) is 0 Å². The molecule has 0 N–H and O–H groups in total. The maximum atomic E-state index is 6.12. The fraction of sp³-hybridized carbons (Fsp3) is 0.143. The van der Waals surface area contributed by atoms with Gasteiger partial charge in [0.1, 0.15) is 5.03 Å². The van der Waals surface area contributed by atoms with E-state index in [4.69, 9.17) is 11.6 Å². The Bertz CT molecular complexity index is 1090. The summed E-state index contributed by atoms with van der Waals surface area (Å²) < 4.78 is 1.88. The highest BCUT2D eigenvalue weighted by atomic mass is 35.5. The van der Waals surface area contributed by atoms with Gasteiger partial charge in [-0.15, -0.1) is 0 Å². The minimum Gasteiger partial charge on any atom is -0.246 e. The molecule has 0 bridgehead atoms. The Kier molecular flexibility index (Phi) is 4.70. The van der Waals surface area contributed by atoms with E-state index in [1.54, 1.807) is 18.0 Å². The lowest BCUT2D eigenvalue weighted by Gasteiger charge is -2.07. The molecule has 0 radical (unpaired) electrons. The molecule has 2 aromatic heterocycles. The van der Waals surface area contributed by atoms with E-state index >= 15 is 0 Å². The highest BCUT2D eigenvalue weighted by Gasteiger charge is 2.10. The molecular weight excluding hydrogens is 362 g/mol. The van der Waals surface area contributed by atoms with Crippen LogP contribution < -0.4 is 0 Å². The highest BCUT2D eigenvalue weighted by molar-refractivity contribution is 7.98. The average Bonchev–Trinajstić information content (AvgIpc) is 3.07. The van der Waals surface area contributed by atoms with E-state index in [9.17, 15) is 0 Å². The van der Waals surface area contributed by atoms with Gasteiger partial charge in [0.2, 0.25) is 0 Å². The van der Waals surface area contributed by atoms with Crippen molar-refractivity contribution in [2.75, 3.05) is 0 Å². The first-order chi connectivity index (χ1) is 12.6. The normalized spacial score (nSPS) is 11.2. The van der Waals surface area contributed by atoms with E-state index in [1.165, 1.54) is 16.7 Å². The van der Waals surface area contributed by atoms with Gasteiger partial charge < -0.3 is 0 Å². The third-order valence-corrected chi connectivity index (χ3v) is 5.62. The lowest BCUT2D eigenvalue weighted by atomic mass is 10.1. The van der Waals surface area contributed by atoms with Crippen LogP contribution >= 0.6 is 23.4 Å². The molecule has 5 heteroatoms. The van der Waals surface area contributed by atoms with Crippen LogP contribution in [0.15, 0.2) is 66.0 Å². The number of nitrogens with zero attached hydrogens (tertiary/aromatic N) is 3. The number of rotatable bonds is 4. The van der Waals surface area contributed by atoms with E-state index < -0.39 is 0 Å². The van der Waals surface area contributed by atoms with Crippen LogP contribution in [0.1, 0.15) is 16.7 Å². The Hall–Kier alpha value is -2.30. The fourth-order valence-corrected chi connectivity index (χ4v) is 4.13. The number of benzene rings is 2. The van der Waals surface area contributed by atoms with Gasteiger partial charge in [-0.05, 0) is 43.2 Å². The first-order valence-electron chi connectivity index (χ1n) is 8.39. The van der Waals surface area contributed by atoms with Crippen molar-refractivity contribution >= 4 is 28.9 Å². The lowest BCUT2D eigenvalue weighted by Crippen LogP contribution is -1.93. The van der Waals surface area contributed by atoms with Crippen LogP contribution in [0.25, 0.3) is 16.8 Å². The number of hydrogen-bond donors (Lipinski definition) is 0. The zero-order valence-corrected chi connectivity index (χ0v) is 16.2. The van der Waals surface area contributed by atoms with Crippen molar-refractivity contribution in [2.24, 2.45) is 0 Å². The molecule has 0 amide bonds. The molecule has 4 rings (SSSR count). The molecule has 0 atom stereocenters. The molecule has 0 unspecified atom stereocenters. The van der Waals surface area contributed by atoms with E-state index in [1.807, 2.05) is 35.0 Å². The molecule has 2 aromatic carbocycles. The van der Waals surface area contributed by atoms with Gasteiger partial charge in [0, 0.05) is 28.7 Å². The molecule has 0 spiro atoms. The second kappa shape index (κ2) is 7.14. The number of halogens is 1. The van der Waals surface area contributed by atoms with Gasteiger partial charge >= 0.3 is 0 Å². The Morgan fingerprint density at radius 2 is 1.96 bits per heavy atom. The van der Waals surface area contributed by atoms with E-state index in [0.717, 1.165) is 27.6 Å². The SMILES string of the molecule is Cc1ccc(C)c(CSc2nccn3nc(-c4cccc(Cl)c4)cc23)c1. The molecule has 0 saturated carbocycles. The summed E-state index contributed by atoms with van der Waals surface area (Å²) in [5.41, 5.74) is 6.85. The molecule has 26 heavy (non-hydrogen) atoms. The molecule has 2 heterocycles. The summed E-state index contributed by atoms with van der Waals surface area (Å²) in [6, 6.07) is 16.4. The Morgan fingerprint density at radius 1 is 1.08 bits per heavy atom. The monoisotopic (exact) mass is 379 g/mol. The summed E-state index contributed by atoms with van der Waals surface area (Å²) in [6.45, 7) is 4.28. The van der Waals surface area contributed by atoms with Gasteiger partial charge in [-0.2, -0.15) is 5.10 Å². The predicted molar refractivity (Wildman–Crippen MR) is 109 cm³/mol. The van der Waals surface area contributed by atoms with E-state index in [-0.39, 0.29) is 0 Å². The molecule has 0 aliphatic carbocycles. The van der Waals surface area contributed by atoms with Gasteiger partial charge in [-0.3, -0.25) is 0 Å². The first kappa shape index (κ1) is 17.1. The summed E-state index contributed by atoms with van der Waals surface area (Å²) in [5, 5.41) is 6.37. The zero-order valence-electron chi connectivity index (χ0n) is 14.6. The molecular formula is C21H18ClN3S. The van der Waals surface area contributed by atoms with E-state index in [2.05, 4.69) is 48.2 Å². The summed E-state index contributed by atoms with van der Waals surface area (Å²) in [5.74, 6) is 0.887. The third kappa shape index (κ3) is 3.48. The van der Waals surface area contributed by atoms with E-state index in [0.29, 0.717) is 5.02 Å². The van der Waals surface area contributed by atoms with Crippen molar-refractivity contribution in [1.82, 2.24) is 14.6 Å². The van der Waals surface area contributed by atoms with Crippen LogP contribution in [-0.2, 0) is 5.75 Å². The standard InChI is InChI=1S/C21H18ClN3S/c1-14-6-7-15(2)17(10-14)13-26-21-20-12-19(24-25(20)9-8-23-21)16-4-3-5-18(22)11-16/h3-12H,13H2,1-2H3. The smallest absolute Gasteiger partial charge is 0.122 e. The summed E-state index contributed by atoms with van der Waals surface area (Å²) >= 11 is 7.86. The van der Waals surface area contributed by atoms with Gasteiger partial charge in [0.25, 0.3) is 0 Å². The topological polar surface area (TPSA) is 30.2 Å². The number of thioether (sulfide) groups is 1. The zero-order chi connectivity index (χ0) is 18.1. The van der Waals surface area contributed by atoms with Crippen LogP contribution in [-0.4, -0.2) is 14.6 Å². The Morgan fingerprint density at radius 3 is 2.81 bits per heavy atom. The molecule has 0 fully saturated rings. The molecule has 0 aliphatic rings. The minimum atomic E-state index is 0.710. The molecule has 4 aromatic rings. The maximum absolute atomic E-state index is 6.12. The number of aryl methyl sites for hydroxylation is 2. The molecule has 130 valence electrons. The summed E-state index contributed by atoms with van der Waals surface area (Å²) in [6.07, 6.45) is 3.68. The number of aromatic nitrogens is 3. The van der Waals surface area contributed by atoms with Crippen LogP contribution in [0.5, 0.6) is 0 Å². The lowest BCUT2D eigenvalue weighted by molar-refractivity contribution is 0.920. The van der Waals surface area contributed by atoms with Crippen LogP contribution in [0.2, 0.25) is 5.02 Å². The first-order valence-corrected chi connectivity index (χ1v) is 9.76. The number of hydrogen-bond acceptors (Lipinski definition) is 3. The maximum Gasteiger partial charge on any atom is 0.122 e. The summed E-state index contributed by atoms with van der Waals surface area (Å²) in [7, 11) is 0. The fourth-order valence-electron chi connectivity index (χ4n) is 2.90.